The second-order valence-corrected chi connectivity index (χ2v) is 6.80. The molecule has 156 valence electrons. The molecule has 0 fully saturated rings. The number of carbonyl (C=O) groups is 2. The molecule has 2 rings (SSSR count). The minimum Gasteiger partial charge on any atom is -0.497 e. The molecular formula is C23H30N2O4. The van der Waals surface area contributed by atoms with E-state index in [1.165, 1.54) is 0 Å². The highest BCUT2D eigenvalue weighted by Crippen LogP contribution is 2.17. The fourth-order valence-electron chi connectivity index (χ4n) is 2.83. The van der Waals surface area contributed by atoms with E-state index in [0.717, 1.165) is 18.4 Å². The Bertz CT molecular complexity index is 779. The summed E-state index contributed by atoms with van der Waals surface area (Å²) >= 11 is 0. The van der Waals surface area contributed by atoms with Crippen LogP contribution >= 0.6 is 0 Å². The molecule has 0 aromatic heterocycles. The third kappa shape index (κ3) is 7.14. The van der Waals surface area contributed by atoms with Crippen molar-refractivity contribution < 1.29 is 19.1 Å². The number of hydrogen-bond donors (Lipinski definition) is 1. The quantitative estimate of drug-likeness (QED) is 0.589. The molecule has 2 aromatic rings. The second kappa shape index (κ2) is 11.7. The van der Waals surface area contributed by atoms with Crippen LogP contribution in [0.4, 0.5) is 0 Å². The molecule has 2 aromatic carbocycles. The van der Waals surface area contributed by atoms with Gasteiger partial charge in [0.2, 0.25) is 5.91 Å². The molecule has 2 amide bonds. The van der Waals surface area contributed by atoms with Crippen LogP contribution in [-0.4, -0.2) is 43.0 Å². The van der Waals surface area contributed by atoms with Crippen molar-refractivity contribution in [1.82, 2.24) is 10.2 Å². The minimum atomic E-state index is -0.620. The summed E-state index contributed by atoms with van der Waals surface area (Å²) in [5, 5.41) is 2.90. The molecule has 0 spiro atoms. The number of hydrogen-bond acceptors (Lipinski definition) is 4. The lowest BCUT2D eigenvalue weighted by Gasteiger charge is -2.29. The van der Waals surface area contributed by atoms with Crippen LogP contribution < -0.4 is 14.8 Å². The lowest BCUT2D eigenvalue weighted by molar-refractivity contribution is -0.142. The van der Waals surface area contributed by atoms with Crippen LogP contribution in [-0.2, 0) is 16.1 Å². The maximum Gasteiger partial charge on any atom is 0.261 e. The maximum absolute atomic E-state index is 12.9. The SMILES string of the molecule is CCCCNC(=O)[C@@H](C)N(Cc1cccc(OC)c1)C(=O)COc1ccccc1. The Morgan fingerprint density at radius 3 is 2.48 bits per heavy atom. The van der Waals surface area contributed by atoms with Gasteiger partial charge in [-0.1, -0.05) is 43.7 Å². The van der Waals surface area contributed by atoms with Gasteiger partial charge in [-0.25, -0.2) is 0 Å². The largest absolute Gasteiger partial charge is 0.497 e. The summed E-state index contributed by atoms with van der Waals surface area (Å²) in [6.45, 7) is 4.55. The van der Waals surface area contributed by atoms with Gasteiger partial charge in [0.1, 0.15) is 17.5 Å². The third-order valence-electron chi connectivity index (χ3n) is 4.59. The smallest absolute Gasteiger partial charge is 0.261 e. The predicted octanol–water partition coefficient (Wildman–Crippen LogP) is 3.41. The maximum atomic E-state index is 12.9. The van der Waals surface area contributed by atoms with Gasteiger partial charge < -0.3 is 19.7 Å². The van der Waals surface area contributed by atoms with E-state index in [9.17, 15) is 9.59 Å². The van der Waals surface area contributed by atoms with Crippen LogP contribution in [0.5, 0.6) is 11.5 Å². The van der Waals surface area contributed by atoms with Crippen molar-refractivity contribution in [2.45, 2.75) is 39.3 Å². The van der Waals surface area contributed by atoms with E-state index in [0.29, 0.717) is 18.0 Å². The fraction of sp³-hybridized carbons (Fsp3) is 0.391. The molecular weight excluding hydrogens is 368 g/mol. The van der Waals surface area contributed by atoms with E-state index in [1.54, 1.807) is 31.1 Å². The first-order valence-electron chi connectivity index (χ1n) is 9.93. The van der Waals surface area contributed by atoms with Gasteiger partial charge in [-0.3, -0.25) is 9.59 Å². The Morgan fingerprint density at radius 1 is 1.07 bits per heavy atom. The normalized spacial score (nSPS) is 11.4. The van der Waals surface area contributed by atoms with Gasteiger partial charge in [0.15, 0.2) is 6.61 Å². The highest BCUT2D eigenvalue weighted by molar-refractivity contribution is 5.87. The molecule has 0 bridgehead atoms. The van der Waals surface area contributed by atoms with E-state index in [1.807, 2.05) is 42.5 Å². The molecule has 0 aliphatic rings. The minimum absolute atomic E-state index is 0.138. The highest BCUT2D eigenvalue weighted by atomic mass is 16.5. The van der Waals surface area contributed by atoms with Gasteiger partial charge in [0, 0.05) is 13.1 Å². The number of nitrogens with zero attached hydrogens (tertiary/aromatic N) is 1. The monoisotopic (exact) mass is 398 g/mol. The van der Waals surface area contributed by atoms with E-state index < -0.39 is 6.04 Å². The Hall–Kier alpha value is -3.02. The zero-order chi connectivity index (χ0) is 21.1. The summed E-state index contributed by atoms with van der Waals surface area (Å²) in [6.07, 6.45) is 1.89. The Morgan fingerprint density at radius 2 is 1.79 bits per heavy atom. The number of carbonyl (C=O) groups excluding carboxylic acids is 2. The summed E-state index contributed by atoms with van der Waals surface area (Å²) < 4.78 is 10.9. The number of para-hydroxylation sites is 1. The van der Waals surface area contributed by atoms with E-state index in [4.69, 9.17) is 9.47 Å². The van der Waals surface area contributed by atoms with Gasteiger partial charge in [-0.05, 0) is 43.2 Å². The molecule has 29 heavy (non-hydrogen) atoms. The first kappa shape index (κ1) is 22.3. The lowest BCUT2D eigenvalue weighted by atomic mass is 10.1. The summed E-state index contributed by atoms with van der Waals surface area (Å²) in [6, 6.07) is 16.0. The Balaban J connectivity index is 2.12. The number of methoxy groups -OCH3 is 1. The van der Waals surface area contributed by atoms with Gasteiger partial charge in [-0.2, -0.15) is 0 Å². The first-order valence-corrected chi connectivity index (χ1v) is 9.93. The number of rotatable bonds is 11. The molecule has 0 radical (unpaired) electrons. The van der Waals surface area contributed by atoms with E-state index >= 15 is 0 Å². The molecule has 0 unspecified atom stereocenters. The number of unbranched alkanes of at least 4 members (excludes halogenated alkanes) is 1. The molecule has 0 aliphatic heterocycles. The molecule has 1 atom stereocenters. The second-order valence-electron chi connectivity index (χ2n) is 6.80. The van der Waals surface area contributed by atoms with Gasteiger partial charge in [-0.15, -0.1) is 0 Å². The van der Waals surface area contributed by atoms with Crippen LogP contribution in [0.25, 0.3) is 0 Å². The lowest BCUT2D eigenvalue weighted by Crippen LogP contribution is -2.49. The zero-order valence-corrected chi connectivity index (χ0v) is 17.4. The van der Waals surface area contributed by atoms with Crippen LogP contribution in [0.15, 0.2) is 54.6 Å². The molecule has 6 nitrogen and oxygen atoms in total. The van der Waals surface area contributed by atoms with Crippen molar-refractivity contribution in [1.29, 1.82) is 0 Å². The topological polar surface area (TPSA) is 67.9 Å². The number of ether oxygens (including phenoxy) is 2. The average Bonchev–Trinajstić information content (AvgIpc) is 2.76. The van der Waals surface area contributed by atoms with Crippen molar-refractivity contribution in [3.8, 4) is 11.5 Å². The number of amides is 2. The molecule has 6 heteroatoms. The summed E-state index contributed by atoms with van der Waals surface area (Å²) in [5.74, 6) is 0.891. The number of benzene rings is 2. The summed E-state index contributed by atoms with van der Waals surface area (Å²) in [5.41, 5.74) is 0.880. The van der Waals surface area contributed by atoms with Crippen LogP contribution in [0.2, 0.25) is 0 Å². The van der Waals surface area contributed by atoms with Gasteiger partial charge in [0.05, 0.1) is 7.11 Å². The molecule has 1 N–H and O–H groups in total. The Kier molecular flexibility index (Phi) is 9.02. The molecule has 0 saturated heterocycles. The summed E-state index contributed by atoms with van der Waals surface area (Å²) in [4.78, 5) is 27.1. The number of nitrogens with one attached hydrogen (secondary N) is 1. The van der Waals surface area contributed by atoms with Crippen molar-refractivity contribution in [2.24, 2.45) is 0 Å². The molecule has 0 saturated carbocycles. The predicted molar refractivity (Wildman–Crippen MR) is 113 cm³/mol. The molecule has 0 heterocycles. The zero-order valence-electron chi connectivity index (χ0n) is 17.4. The first-order chi connectivity index (χ1) is 14.0. The third-order valence-corrected chi connectivity index (χ3v) is 4.59. The summed E-state index contributed by atoms with van der Waals surface area (Å²) in [7, 11) is 1.60. The standard InChI is InChI=1S/C23H30N2O4/c1-4-5-14-24-23(27)18(2)25(16-19-10-9-13-21(15-19)28-3)22(26)17-29-20-11-7-6-8-12-20/h6-13,15,18H,4-5,14,16-17H2,1-3H3,(H,24,27)/t18-/m1/s1. The highest BCUT2D eigenvalue weighted by Gasteiger charge is 2.26. The van der Waals surface area contributed by atoms with Gasteiger partial charge in [0.25, 0.3) is 5.91 Å². The van der Waals surface area contributed by atoms with Crippen molar-refractivity contribution >= 4 is 11.8 Å². The van der Waals surface area contributed by atoms with E-state index in [-0.39, 0.29) is 25.0 Å². The van der Waals surface area contributed by atoms with Crippen LogP contribution in [0.3, 0.4) is 0 Å². The van der Waals surface area contributed by atoms with Crippen LogP contribution in [0.1, 0.15) is 32.3 Å². The van der Waals surface area contributed by atoms with Crippen molar-refractivity contribution in [2.75, 3.05) is 20.3 Å². The van der Waals surface area contributed by atoms with Crippen LogP contribution in [0, 0.1) is 0 Å². The average molecular weight is 399 g/mol. The molecule has 0 aliphatic carbocycles. The van der Waals surface area contributed by atoms with Crippen molar-refractivity contribution in [3.05, 3.63) is 60.2 Å². The van der Waals surface area contributed by atoms with E-state index in [2.05, 4.69) is 12.2 Å². The van der Waals surface area contributed by atoms with Gasteiger partial charge >= 0.3 is 0 Å². The fourth-order valence-corrected chi connectivity index (χ4v) is 2.83. The van der Waals surface area contributed by atoms with Crippen molar-refractivity contribution in [3.63, 3.8) is 0 Å². The Labute approximate surface area is 172 Å².